The van der Waals surface area contributed by atoms with Crippen LogP contribution in [-0.4, -0.2) is 22.1 Å². The van der Waals surface area contributed by atoms with Crippen molar-refractivity contribution in [1.29, 1.82) is 0 Å². The van der Waals surface area contributed by atoms with Gasteiger partial charge >= 0.3 is 5.97 Å². The Labute approximate surface area is 88.0 Å². The molecule has 2 atom stereocenters. The lowest BCUT2D eigenvalue weighted by atomic mass is 10.2. The molecule has 0 saturated carbocycles. The molecule has 14 heavy (non-hydrogen) atoms. The van der Waals surface area contributed by atoms with E-state index in [-0.39, 0.29) is 13.5 Å². The summed E-state index contributed by atoms with van der Waals surface area (Å²) in [6.45, 7) is 3.51. The Morgan fingerprint density at radius 2 is 2.29 bits per heavy atom. The molecule has 0 aliphatic rings. The van der Waals surface area contributed by atoms with Gasteiger partial charge in [0.15, 0.2) is 0 Å². The molecule has 2 N–H and O–H groups in total. The number of thiazole rings is 1. The predicted molar refractivity (Wildman–Crippen MR) is 57.5 cm³/mol. The zero-order chi connectivity index (χ0) is 9.84. The number of hydrogen-bond donors (Lipinski definition) is 2. The zero-order valence-electron chi connectivity index (χ0n) is 7.52. The molecule has 0 bridgehead atoms. The highest BCUT2D eigenvalue weighted by Gasteiger charge is 2.15. The highest BCUT2D eigenvalue weighted by Crippen LogP contribution is 2.12. The summed E-state index contributed by atoms with van der Waals surface area (Å²) in [5.41, 5.74) is 2.62. The molecular formula is C9H16N2O2S. The minimum Gasteiger partial charge on any atom is -0.480 e. The molecule has 0 aliphatic heterocycles. The maximum atomic E-state index is 10.5. The van der Waals surface area contributed by atoms with Gasteiger partial charge in [-0.15, -0.1) is 11.3 Å². The van der Waals surface area contributed by atoms with Crippen molar-refractivity contribution in [3.63, 3.8) is 0 Å². The third kappa shape index (κ3) is 3.43. The average molecular weight is 216 g/mol. The van der Waals surface area contributed by atoms with Gasteiger partial charge in [0.2, 0.25) is 0 Å². The van der Waals surface area contributed by atoms with Crippen LogP contribution in [0.4, 0.5) is 0 Å². The van der Waals surface area contributed by atoms with Gasteiger partial charge in [-0.3, -0.25) is 10.1 Å². The highest BCUT2D eigenvalue weighted by molar-refractivity contribution is 7.07. The van der Waals surface area contributed by atoms with E-state index in [0.29, 0.717) is 0 Å². The SMILES string of the molecule is C.CC(NC(C)c1cscn1)C(=O)O. The highest BCUT2D eigenvalue weighted by atomic mass is 32.1. The Balaban J connectivity index is 0.00000169. The molecule has 0 fully saturated rings. The maximum absolute atomic E-state index is 10.5. The van der Waals surface area contributed by atoms with Crippen LogP contribution in [0.15, 0.2) is 10.9 Å². The van der Waals surface area contributed by atoms with Crippen molar-refractivity contribution in [2.75, 3.05) is 0 Å². The minimum absolute atomic E-state index is 0. The summed E-state index contributed by atoms with van der Waals surface area (Å²) in [6, 6.07) is -0.561. The summed E-state index contributed by atoms with van der Waals surface area (Å²) in [5, 5.41) is 13.5. The predicted octanol–water partition coefficient (Wildman–Crippen LogP) is 1.90. The maximum Gasteiger partial charge on any atom is 0.320 e. The normalized spacial score (nSPS) is 14.1. The fourth-order valence-electron chi connectivity index (χ4n) is 0.967. The third-order valence-electron chi connectivity index (χ3n) is 1.77. The summed E-state index contributed by atoms with van der Waals surface area (Å²) in [5.74, 6) is -0.845. The second-order valence-corrected chi connectivity index (χ2v) is 3.58. The third-order valence-corrected chi connectivity index (χ3v) is 2.37. The quantitative estimate of drug-likeness (QED) is 0.807. The van der Waals surface area contributed by atoms with Gasteiger partial charge in [-0.2, -0.15) is 0 Å². The number of carboxylic acid groups (broad SMARTS) is 1. The van der Waals surface area contributed by atoms with Gasteiger partial charge in [0.1, 0.15) is 6.04 Å². The molecule has 2 unspecified atom stereocenters. The molecule has 0 amide bonds. The molecule has 0 aromatic carbocycles. The molecule has 0 radical (unpaired) electrons. The van der Waals surface area contributed by atoms with E-state index >= 15 is 0 Å². The van der Waals surface area contributed by atoms with Crippen LogP contribution in [-0.2, 0) is 4.79 Å². The molecule has 4 nitrogen and oxygen atoms in total. The van der Waals surface area contributed by atoms with Crippen LogP contribution < -0.4 is 5.32 Å². The van der Waals surface area contributed by atoms with Crippen LogP contribution in [0, 0.1) is 0 Å². The van der Waals surface area contributed by atoms with Crippen molar-refractivity contribution in [1.82, 2.24) is 10.3 Å². The summed E-state index contributed by atoms with van der Waals surface area (Å²) in [4.78, 5) is 14.6. The van der Waals surface area contributed by atoms with Gasteiger partial charge in [-0.1, -0.05) is 7.43 Å². The van der Waals surface area contributed by atoms with E-state index in [0.717, 1.165) is 5.69 Å². The molecule has 0 spiro atoms. The van der Waals surface area contributed by atoms with E-state index < -0.39 is 12.0 Å². The largest absolute Gasteiger partial charge is 0.480 e. The molecule has 5 heteroatoms. The monoisotopic (exact) mass is 216 g/mol. The number of carboxylic acids is 1. The Morgan fingerprint density at radius 3 is 2.71 bits per heavy atom. The zero-order valence-corrected chi connectivity index (χ0v) is 8.34. The number of carbonyl (C=O) groups is 1. The van der Waals surface area contributed by atoms with Crippen molar-refractivity contribution >= 4 is 17.3 Å². The molecular weight excluding hydrogens is 200 g/mol. The Morgan fingerprint density at radius 1 is 1.64 bits per heavy atom. The summed E-state index contributed by atoms with van der Waals surface area (Å²) in [6.07, 6.45) is 0. The van der Waals surface area contributed by atoms with Gasteiger partial charge in [-0.05, 0) is 13.8 Å². The smallest absolute Gasteiger partial charge is 0.320 e. The van der Waals surface area contributed by atoms with E-state index in [1.807, 2.05) is 12.3 Å². The standard InChI is InChI=1S/C8H12N2O2S.CH4/c1-5(7-3-13-4-9-7)10-6(2)8(11)12;/h3-6,10H,1-2H3,(H,11,12);1H4. The number of nitrogens with one attached hydrogen (secondary N) is 1. The average Bonchev–Trinajstić information content (AvgIpc) is 2.55. The Bertz CT molecular complexity index is 274. The molecule has 1 aromatic rings. The molecule has 1 aromatic heterocycles. The topological polar surface area (TPSA) is 62.2 Å². The first-order chi connectivity index (χ1) is 6.11. The Hall–Kier alpha value is -0.940. The summed E-state index contributed by atoms with van der Waals surface area (Å²) in [7, 11) is 0. The number of nitrogens with zero attached hydrogens (tertiary/aromatic N) is 1. The van der Waals surface area contributed by atoms with Crippen molar-refractivity contribution in [2.24, 2.45) is 0 Å². The first kappa shape index (κ1) is 13.1. The van der Waals surface area contributed by atoms with Gasteiger partial charge in [0.05, 0.1) is 11.2 Å². The van der Waals surface area contributed by atoms with E-state index in [9.17, 15) is 4.79 Å². The fraction of sp³-hybridized carbons (Fsp3) is 0.556. The fourth-order valence-corrected chi connectivity index (χ4v) is 1.62. The lowest BCUT2D eigenvalue weighted by Crippen LogP contribution is -2.35. The minimum atomic E-state index is -0.845. The number of aromatic nitrogens is 1. The lowest BCUT2D eigenvalue weighted by molar-refractivity contribution is -0.139. The van der Waals surface area contributed by atoms with Crippen LogP contribution in [0.3, 0.4) is 0 Å². The van der Waals surface area contributed by atoms with Crippen molar-refractivity contribution < 1.29 is 9.90 Å². The first-order valence-electron chi connectivity index (χ1n) is 3.98. The second-order valence-electron chi connectivity index (χ2n) is 2.86. The number of hydrogen-bond acceptors (Lipinski definition) is 4. The molecule has 0 aliphatic carbocycles. The van der Waals surface area contributed by atoms with E-state index in [2.05, 4.69) is 10.3 Å². The number of aliphatic carboxylic acids is 1. The van der Waals surface area contributed by atoms with Crippen molar-refractivity contribution in [3.8, 4) is 0 Å². The van der Waals surface area contributed by atoms with Crippen molar-refractivity contribution in [2.45, 2.75) is 33.4 Å². The molecule has 0 saturated heterocycles. The van der Waals surface area contributed by atoms with Crippen LogP contribution in [0.2, 0.25) is 0 Å². The van der Waals surface area contributed by atoms with Gasteiger partial charge in [0.25, 0.3) is 0 Å². The van der Waals surface area contributed by atoms with E-state index in [4.69, 9.17) is 5.11 Å². The van der Waals surface area contributed by atoms with E-state index in [1.165, 1.54) is 11.3 Å². The van der Waals surface area contributed by atoms with Crippen LogP contribution in [0.1, 0.15) is 33.0 Å². The van der Waals surface area contributed by atoms with Gasteiger partial charge in [0, 0.05) is 11.4 Å². The molecule has 1 rings (SSSR count). The molecule has 1 heterocycles. The summed E-state index contributed by atoms with van der Waals surface area (Å²) >= 11 is 1.50. The summed E-state index contributed by atoms with van der Waals surface area (Å²) < 4.78 is 0. The van der Waals surface area contributed by atoms with Crippen molar-refractivity contribution in [3.05, 3.63) is 16.6 Å². The van der Waals surface area contributed by atoms with Crippen LogP contribution in [0.5, 0.6) is 0 Å². The lowest BCUT2D eigenvalue weighted by Gasteiger charge is -2.14. The van der Waals surface area contributed by atoms with Gasteiger partial charge < -0.3 is 5.11 Å². The Kier molecular flexibility index (Phi) is 5.34. The van der Waals surface area contributed by atoms with Crippen LogP contribution >= 0.6 is 11.3 Å². The van der Waals surface area contributed by atoms with Crippen LogP contribution in [0.25, 0.3) is 0 Å². The van der Waals surface area contributed by atoms with Gasteiger partial charge in [-0.25, -0.2) is 4.98 Å². The first-order valence-corrected chi connectivity index (χ1v) is 4.92. The second kappa shape index (κ2) is 5.72. The molecule has 80 valence electrons. The van der Waals surface area contributed by atoms with E-state index in [1.54, 1.807) is 12.4 Å². The number of rotatable bonds is 4.